The van der Waals surface area contributed by atoms with Gasteiger partial charge in [0.2, 0.25) is 11.8 Å². The summed E-state index contributed by atoms with van der Waals surface area (Å²) in [5.41, 5.74) is 0.919. The highest BCUT2D eigenvalue weighted by Gasteiger charge is 2.49. The molecule has 0 spiro atoms. The quantitative estimate of drug-likeness (QED) is 0.823. The minimum absolute atomic E-state index is 0.0682. The Balaban J connectivity index is 1.49. The van der Waals surface area contributed by atoms with Gasteiger partial charge in [0.1, 0.15) is 0 Å². The van der Waals surface area contributed by atoms with Crippen LogP contribution < -0.4 is 14.8 Å². The maximum absolute atomic E-state index is 12.4. The Morgan fingerprint density at radius 2 is 1.88 bits per heavy atom. The summed E-state index contributed by atoms with van der Waals surface area (Å²) in [5, 5.41) is 2.91. The first kappa shape index (κ1) is 17.5. The van der Waals surface area contributed by atoms with E-state index in [1.807, 2.05) is 18.2 Å². The van der Waals surface area contributed by atoms with Crippen LogP contribution in [0.1, 0.15) is 12.0 Å². The second-order valence-electron chi connectivity index (χ2n) is 6.29. The standard InChI is InChI=1S/C18H24N2O5/c1-23-15-4-3-12(9-16(15)24-2)11-19-17(21)13-10-14(13)18(22)20-5-7-25-8-6-20/h3-4,9,13-14H,5-8,10-11H2,1-2H3,(H,19,21). The van der Waals surface area contributed by atoms with Crippen molar-refractivity contribution < 1.29 is 23.8 Å². The van der Waals surface area contributed by atoms with E-state index in [0.717, 1.165) is 5.56 Å². The fraction of sp³-hybridized carbons (Fsp3) is 0.556. The van der Waals surface area contributed by atoms with Gasteiger partial charge in [-0.15, -0.1) is 0 Å². The molecule has 0 aromatic heterocycles. The monoisotopic (exact) mass is 348 g/mol. The maximum Gasteiger partial charge on any atom is 0.226 e. The number of benzene rings is 1. The Morgan fingerprint density at radius 1 is 1.16 bits per heavy atom. The number of nitrogens with zero attached hydrogens (tertiary/aromatic N) is 1. The van der Waals surface area contributed by atoms with Crippen LogP contribution in [0.4, 0.5) is 0 Å². The summed E-state index contributed by atoms with van der Waals surface area (Å²) < 4.78 is 15.7. The average molecular weight is 348 g/mol. The third-order valence-corrected chi connectivity index (χ3v) is 4.68. The number of nitrogens with one attached hydrogen (secondary N) is 1. The van der Waals surface area contributed by atoms with Crippen LogP contribution in [0.3, 0.4) is 0 Å². The first-order chi connectivity index (χ1) is 12.1. The lowest BCUT2D eigenvalue weighted by Gasteiger charge is -2.27. The molecule has 1 saturated carbocycles. The molecule has 2 atom stereocenters. The first-order valence-electron chi connectivity index (χ1n) is 8.49. The Hall–Kier alpha value is -2.28. The summed E-state index contributed by atoms with van der Waals surface area (Å²) in [6.07, 6.45) is 0.633. The number of hydrogen-bond donors (Lipinski definition) is 1. The fourth-order valence-electron chi connectivity index (χ4n) is 3.09. The second kappa shape index (κ2) is 7.74. The molecule has 136 valence electrons. The summed E-state index contributed by atoms with van der Waals surface area (Å²) >= 11 is 0. The molecule has 1 aromatic carbocycles. The van der Waals surface area contributed by atoms with Crippen molar-refractivity contribution in [3.05, 3.63) is 23.8 Å². The van der Waals surface area contributed by atoms with E-state index in [9.17, 15) is 9.59 Å². The van der Waals surface area contributed by atoms with Gasteiger partial charge in [0.15, 0.2) is 11.5 Å². The molecule has 7 heteroatoms. The van der Waals surface area contributed by atoms with E-state index < -0.39 is 0 Å². The lowest BCUT2D eigenvalue weighted by atomic mass is 10.2. The summed E-state index contributed by atoms with van der Waals surface area (Å²) in [5.74, 6) is 0.895. The minimum atomic E-state index is -0.213. The SMILES string of the molecule is COc1ccc(CNC(=O)C2CC2C(=O)N2CCOCC2)cc1OC. The molecule has 3 rings (SSSR count). The molecule has 1 heterocycles. The average Bonchev–Trinajstić information content (AvgIpc) is 3.46. The molecule has 25 heavy (non-hydrogen) atoms. The third kappa shape index (κ3) is 4.04. The van der Waals surface area contributed by atoms with Crippen molar-refractivity contribution in [1.82, 2.24) is 10.2 Å². The van der Waals surface area contributed by atoms with Crippen LogP contribution in [0.5, 0.6) is 11.5 Å². The Morgan fingerprint density at radius 3 is 2.56 bits per heavy atom. The van der Waals surface area contributed by atoms with Gasteiger partial charge in [0.05, 0.1) is 39.3 Å². The van der Waals surface area contributed by atoms with Gasteiger partial charge in [0, 0.05) is 19.6 Å². The molecule has 7 nitrogen and oxygen atoms in total. The Kier molecular flexibility index (Phi) is 5.43. The van der Waals surface area contributed by atoms with E-state index in [4.69, 9.17) is 14.2 Å². The molecular weight excluding hydrogens is 324 g/mol. The van der Waals surface area contributed by atoms with Crippen LogP contribution in [0.25, 0.3) is 0 Å². The number of carbonyl (C=O) groups excluding carboxylic acids is 2. The number of ether oxygens (including phenoxy) is 3. The van der Waals surface area contributed by atoms with Crippen molar-refractivity contribution in [2.45, 2.75) is 13.0 Å². The number of methoxy groups -OCH3 is 2. The number of hydrogen-bond acceptors (Lipinski definition) is 5. The van der Waals surface area contributed by atoms with Crippen molar-refractivity contribution in [3.63, 3.8) is 0 Å². The van der Waals surface area contributed by atoms with Gasteiger partial charge in [0.25, 0.3) is 0 Å². The second-order valence-corrected chi connectivity index (χ2v) is 6.29. The van der Waals surface area contributed by atoms with Crippen LogP contribution in [-0.2, 0) is 20.9 Å². The van der Waals surface area contributed by atoms with Gasteiger partial charge in [-0.3, -0.25) is 9.59 Å². The number of amides is 2. The van der Waals surface area contributed by atoms with E-state index in [1.165, 1.54) is 0 Å². The normalized spacial score (nSPS) is 22.2. The summed E-state index contributed by atoms with van der Waals surface area (Å²) in [6, 6.07) is 5.52. The van der Waals surface area contributed by atoms with Crippen LogP contribution in [0.2, 0.25) is 0 Å². The van der Waals surface area contributed by atoms with Crippen LogP contribution >= 0.6 is 0 Å². The molecule has 1 aliphatic heterocycles. The fourth-order valence-corrected chi connectivity index (χ4v) is 3.09. The van der Waals surface area contributed by atoms with Crippen molar-refractivity contribution in [2.24, 2.45) is 11.8 Å². The predicted octanol–water partition coefficient (Wildman–Crippen LogP) is 0.815. The molecule has 2 fully saturated rings. The largest absolute Gasteiger partial charge is 0.493 e. The van der Waals surface area contributed by atoms with Crippen molar-refractivity contribution in [1.29, 1.82) is 0 Å². The highest BCUT2D eigenvalue weighted by atomic mass is 16.5. The molecule has 1 aliphatic carbocycles. The third-order valence-electron chi connectivity index (χ3n) is 4.68. The topological polar surface area (TPSA) is 77.1 Å². The van der Waals surface area contributed by atoms with Gasteiger partial charge >= 0.3 is 0 Å². The summed E-state index contributed by atoms with van der Waals surface area (Å²) in [7, 11) is 3.16. The van der Waals surface area contributed by atoms with Crippen molar-refractivity contribution in [3.8, 4) is 11.5 Å². The lowest BCUT2D eigenvalue weighted by Crippen LogP contribution is -2.42. The lowest BCUT2D eigenvalue weighted by molar-refractivity contribution is -0.138. The van der Waals surface area contributed by atoms with Crippen LogP contribution in [0.15, 0.2) is 18.2 Å². The molecule has 0 bridgehead atoms. The molecule has 1 aromatic rings. The highest BCUT2D eigenvalue weighted by molar-refractivity contribution is 5.92. The van der Waals surface area contributed by atoms with Crippen LogP contribution in [-0.4, -0.2) is 57.2 Å². The molecular formula is C18H24N2O5. The van der Waals surface area contributed by atoms with E-state index >= 15 is 0 Å². The summed E-state index contributed by atoms with van der Waals surface area (Å²) in [6.45, 7) is 2.79. The van der Waals surface area contributed by atoms with E-state index in [0.29, 0.717) is 50.8 Å². The van der Waals surface area contributed by atoms with Gasteiger partial charge < -0.3 is 24.4 Å². The summed E-state index contributed by atoms with van der Waals surface area (Å²) in [4.78, 5) is 26.5. The van der Waals surface area contributed by atoms with Crippen molar-refractivity contribution >= 4 is 11.8 Å². The Labute approximate surface area is 147 Å². The maximum atomic E-state index is 12.4. The van der Waals surface area contributed by atoms with Crippen molar-refractivity contribution in [2.75, 3.05) is 40.5 Å². The molecule has 2 unspecified atom stereocenters. The van der Waals surface area contributed by atoms with E-state index in [-0.39, 0.29) is 23.7 Å². The molecule has 1 saturated heterocycles. The van der Waals surface area contributed by atoms with Gasteiger partial charge in [-0.2, -0.15) is 0 Å². The smallest absolute Gasteiger partial charge is 0.226 e. The predicted molar refractivity (Wildman–Crippen MR) is 90.4 cm³/mol. The van der Waals surface area contributed by atoms with Gasteiger partial charge in [-0.05, 0) is 24.1 Å². The van der Waals surface area contributed by atoms with E-state index in [1.54, 1.807) is 19.1 Å². The number of morpholine rings is 1. The zero-order valence-corrected chi connectivity index (χ0v) is 14.6. The van der Waals surface area contributed by atoms with Gasteiger partial charge in [-0.1, -0.05) is 6.07 Å². The number of rotatable bonds is 6. The minimum Gasteiger partial charge on any atom is -0.493 e. The zero-order chi connectivity index (χ0) is 17.8. The Bertz CT molecular complexity index is 642. The number of carbonyl (C=O) groups is 2. The van der Waals surface area contributed by atoms with E-state index in [2.05, 4.69) is 5.32 Å². The molecule has 1 N–H and O–H groups in total. The van der Waals surface area contributed by atoms with Crippen LogP contribution in [0, 0.1) is 11.8 Å². The highest BCUT2D eigenvalue weighted by Crippen LogP contribution is 2.40. The zero-order valence-electron chi connectivity index (χ0n) is 14.6. The van der Waals surface area contributed by atoms with Gasteiger partial charge in [-0.25, -0.2) is 0 Å². The molecule has 2 aliphatic rings. The molecule has 2 amide bonds. The molecule has 0 radical (unpaired) electrons. The first-order valence-corrected chi connectivity index (χ1v) is 8.49.